The van der Waals surface area contributed by atoms with E-state index in [0.29, 0.717) is 0 Å². The highest BCUT2D eigenvalue weighted by Crippen LogP contribution is 2.23. The Hall–Kier alpha value is -1.18. The van der Waals surface area contributed by atoms with Gasteiger partial charge in [0.2, 0.25) is 0 Å². The number of hydrazine groups is 1. The van der Waals surface area contributed by atoms with E-state index in [2.05, 4.69) is 34.3 Å². The molecule has 3 heterocycles. The van der Waals surface area contributed by atoms with E-state index in [9.17, 15) is 0 Å². The van der Waals surface area contributed by atoms with E-state index in [1.165, 1.54) is 26.1 Å². The van der Waals surface area contributed by atoms with Crippen LogP contribution in [0.3, 0.4) is 0 Å². The highest BCUT2D eigenvalue weighted by atomic mass is 15.6. The summed E-state index contributed by atoms with van der Waals surface area (Å²) in [5.74, 6) is 0. The summed E-state index contributed by atoms with van der Waals surface area (Å²) in [5.41, 5.74) is 10.6. The van der Waals surface area contributed by atoms with E-state index in [1.807, 2.05) is 23.4 Å². The first-order chi connectivity index (χ1) is 10.2. The van der Waals surface area contributed by atoms with Crippen LogP contribution < -0.4 is 17.3 Å². The van der Waals surface area contributed by atoms with Gasteiger partial charge in [0.25, 0.3) is 0 Å². The monoisotopic (exact) mass is 306 g/mol. The topological polar surface area (TPSA) is 82.8 Å². The molecule has 6 heteroatoms. The highest BCUT2D eigenvalue weighted by Gasteiger charge is 2.32. The molecule has 1 atom stereocenters. The molecule has 0 aromatic rings. The predicted molar refractivity (Wildman–Crippen MR) is 91.1 cm³/mol. The third kappa shape index (κ3) is 3.97. The lowest BCUT2D eigenvalue weighted by atomic mass is 10.1. The number of rotatable bonds is 5. The van der Waals surface area contributed by atoms with Gasteiger partial charge in [0.15, 0.2) is 0 Å². The summed E-state index contributed by atoms with van der Waals surface area (Å²) in [6, 6.07) is 0. The van der Waals surface area contributed by atoms with Gasteiger partial charge < -0.3 is 21.7 Å². The second kappa shape index (κ2) is 7.39. The van der Waals surface area contributed by atoms with Crippen molar-refractivity contribution in [2.45, 2.75) is 25.4 Å². The summed E-state index contributed by atoms with van der Waals surface area (Å²) >= 11 is 0. The Morgan fingerprint density at radius 2 is 1.82 bits per heavy atom. The maximum Gasteiger partial charge on any atom is 0.107 e. The third-order valence-corrected chi connectivity index (χ3v) is 4.47. The molecule has 3 aliphatic rings. The molecule has 0 aromatic carbocycles. The average Bonchev–Trinajstić information content (AvgIpc) is 2.83. The average molecular weight is 306 g/mol. The molecule has 1 unspecified atom stereocenters. The Balaban J connectivity index is 0.00000176. The molecule has 1 fully saturated rings. The first kappa shape index (κ1) is 17.2. The maximum atomic E-state index is 6.48. The third-order valence-electron chi connectivity index (χ3n) is 4.47. The molecule has 3 aliphatic heterocycles. The van der Waals surface area contributed by atoms with Crippen LogP contribution in [0.25, 0.3) is 0 Å². The molecule has 6 N–H and O–H groups in total. The number of nitrogens with one attached hydrogen (secondary N) is 1. The maximum absolute atomic E-state index is 6.48. The lowest BCUT2D eigenvalue weighted by Crippen LogP contribution is -2.55. The van der Waals surface area contributed by atoms with Crippen LogP contribution >= 0.6 is 0 Å². The molecule has 3 rings (SSSR count). The van der Waals surface area contributed by atoms with E-state index >= 15 is 0 Å². The largest absolute Gasteiger partial charge is 0.344 e. The fraction of sp³-hybridized carbons (Fsp3) is 0.625. The molecular formula is C16H30N6. The van der Waals surface area contributed by atoms with E-state index in [0.717, 1.165) is 31.8 Å². The summed E-state index contributed by atoms with van der Waals surface area (Å²) in [7, 11) is 0. The van der Waals surface area contributed by atoms with Gasteiger partial charge in [0.05, 0.1) is 5.70 Å². The number of hydrogen-bond donors (Lipinski definition) is 3. The molecule has 0 aliphatic carbocycles. The zero-order chi connectivity index (χ0) is 14.7. The molecule has 6 nitrogen and oxygen atoms in total. The minimum Gasteiger partial charge on any atom is -0.344 e. The number of hydrogen-bond acceptors (Lipinski definition) is 6. The number of piperazine rings is 1. The van der Waals surface area contributed by atoms with E-state index in [1.54, 1.807) is 0 Å². The second-order valence-corrected chi connectivity index (χ2v) is 6.23. The molecule has 0 bridgehead atoms. The van der Waals surface area contributed by atoms with Gasteiger partial charge in [0, 0.05) is 38.9 Å². The van der Waals surface area contributed by atoms with Crippen LogP contribution in [0.1, 0.15) is 19.8 Å². The number of nitrogens with zero attached hydrogens (tertiary/aromatic N) is 3. The van der Waals surface area contributed by atoms with Gasteiger partial charge in [-0.2, -0.15) is 0 Å². The van der Waals surface area contributed by atoms with Gasteiger partial charge in [-0.05, 0) is 37.6 Å². The summed E-state index contributed by atoms with van der Waals surface area (Å²) in [6.07, 6.45) is 12.5. The Morgan fingerprint density at radius 1 is 1.14 bits per heavy atom. The van der Waals surface area contributed by atoms with E-state index < -0.39 is 5.66 Å². The van der Waals surface area contributed by atoms with Crippen molar-refractivity contribution >= 4 is 0 Å². The molecule has 22 heavy (non-hydrogen) atoms. The minimum atomic E-state index is -0.422. The molecule has 0 spiro atoms. The van der Waals surface area contributed by atoms with Crippen LogP contribution in [0.5, 0.6) is 0 Å². The van der Waals surface area contributed by atoms with Crippen LogP contribution in [0.2, 0.25) is 0 Å². The van der Waals surface area contributed by atoms with Gasteiger partial charge >= 0.3 is 0 Å². The first-order valence-electron chi connectivity index (χ1n) is 8.07. The fourth-order valence-electron chi connectivity index (χ4n) is 3.22. The zero-order valence-electron chi connectivity index (χ0n) is 13.7. The normalized spacial score (nSPS) is 28.5. The molecule has 0 radical (unpaired) electrons. The Kier molecular flexibility index (Phi) is 5.77. The molecule has 0 amide bonds. The van der Waals surface area contributed by atoms with Gasteiger partial charge in [0.1, 0.15) is 5.66 Å². The van der Waals surface area contributed by atoms with Gasteiger partial charge in [-0.1, -0.05) is 13.0 Å². The van der Waals surface area contributed by atoms with E-state index in [-0.39, 0.29) is 6.15 Å². The summed E-state index contributed by atoms with van der Waals surface area (Å²) in [6.45, 7) is 9.24. The van der Waals surface area contributed by atoms with Gasteiger partial charge in [-0.15, -0.1) is 0 Å². The van der Waals surface area contributed by atoms with Gasteiger partial charge in [-0.25, -0.2) is 5.43 Å². The van der Waals surface area contributed by atoms with Crippen molar-refractivity contribution in [2.24, 2.45) is 5.73 Å². The summed E-state index contributed by atoms with van der Waals surface area (Å²) < 4.78 is 0. The smallest absolute Gasteiger partial charge is 0.107 e. The van der Waals surface area contributed by atoms with Crippen LogP contribution in [0.15, 0.2) is 36.2 Å². The van der Waals surface area contributed by atoms with Crippen molar-refractivity contribution in [3.63, 3.8) is 0 Å². The first-order valence-corrected chi connectivity index (χ1v) is 8.07. The van der Waals surface area contributed by atoms with Crippen molar-refractivity contribution in [3.8, 4) is 0 Å². The highest BCUT2D eigenvalue weighted by molar-refractivity contribution is 5.33. The van der Waals surface area contributed by atoms with Crippen LogP contribution in [-0.2, 0) is 0 Å². The van der Waals surface area contributed by atoms with Crippen molar-refractivity contribution in [2.75, 3.05) is 39.3 Å². The van der Waals surface area contributed by atoms with Crippen LogP contribution in [0, 0.1) is 0 Å². The molecule has 0 aromatic heterocycles. The second-order valence-electron chi connectivity index (χ2n) is 6.23. The van der Waals surface area contributed by atoms with Gasteiger partial charge in [-0.3, -0.25) is 5.01 Å². The molecule has 124 valence electrons. The molecular weight excluding hydrogens is 276 g/mol. The quantitative estimate of drug-likeness (QED) is 0.703. The fourth-order valence-corrected chi connectivity index (χ4v) is 3.22. The Morgan fingerprint density at radius 3 is 2.45 bits per heavy atom. The van der Waals surface area contributed by atoms with Crippen LogP contribution in [0.4, 0.5) is 0 Å². The van der Waals surface area contributed by atoms with Crippen molar-refractivity contribution in [3.05, 3.63) is 36.2 Å². The lowest BCUT2D eigenvalue weighted by molar-refractivity contribution is 0.121. The standard InChI is InChI=1S/C16H27N5.H3N/c1-2-7-19-10-12-20(13-11-19)9-6-16(17)14-15-5-3-4-8-21(15)18-16;/h3-5,8,14,18H,2,6-7,9-13,17H2,1H3;1H3. The predicted octanol–water partition coefficient (Wildman–Crippen LogP) is 1.01. The Labute approximate surface area is 133 Å². The Bertz CT molecular complexity index is 450. The summed E-state index contributed by atoms with van der Waals surface area (Å²) in [4.78, 5) is 5.09. The number of nitrogens with two attached hydrogens (primary N) is 1. The molecule has 1 saturated heterocycles. The minimum absolute atomic E-state index is 0. The SMILES string of the molecule is CCCN1CCN(CCC2(N)C=C3C=CC=CN3N2)CC1.N. The lowest BCUT2D eigenvalue weighted by Gasteiger charge is -2.36. The number of fused-ring (bicyclic) bond motifs is 1. The zero-order valence-corrected chi connectivity index (χ0v) is 13.7. The van der Waals surface area contributed by atoms with Crippen molar-refractivity contribution in [1.82, 2.24) is 26.4 Å². The van der Waals surface area contributed by atoms with Crippen molar-refractivity contribution in [1.29, 1.82) is 0 Å². The van der Waals surface area contributed by atoms with E-state index in [4.69, 9.17) is 5.73 Å². The summed E-state index contributed by atoms with van der Waals surface area (Å²) in [5, 5.41) is 2.01. The molecule has 0 saturated carbocycles. The van der Waals surface area contributed by atoms with Crippen molar-refractivity contribution < 1.29 is 0 Å². The number of allylic oxidation sites excluding steroid dienone is 3. The van der Waals surface area contributed by atoms with Crippen LogP contribution in [-0.4, -0.2) is 59.7 Å².